The Balaban J connectivity index is 2.83. The number of hydrogen-bond donors (Lipinski definition) is 0. The van der Waals surface area contributed by atoms with E-state index in [1.54, 1.807) is 0 Å². The molecule has 96 valence electrons. The molecule has 2 aromatic rings. The quantitative estimate of drug-likeness (QED) is 0.577. The van der Waals surface area contributed by atoms with Crippen LogP contribution in [0.1, 0.15) is 0 Å². The van der Waals surface area contributed by atoms with Gasteiger partial charge in [-0.2, -0.15) is 22.2 Å². The van der Waals surface area contributed by atoms with Crippen LogP contribution in [0.25, 0.3) is 10.8 Å². The van der Waals surface area contributed by atoms with Gasteiger partial charge < -0.3 is 0 Å². The van der Waals surface area contributed by atoms with Crippen molar-refractivity contribution in [3.05, 3.63) is 36.4 Å². The third kappa shape index (κ3) is 2.67. The Morgan fingerprint density at radius 3 is 1.28 bits per heavy atom. The largest absolute Gasteiger partial charge is 0.181 e. The fourth-order valence-electron chi connectivity index (χ4n) is 2.34. The molecule has 2 aromatic carbocycles. The van der Waals surface area contributed by atoms with Crippen LogP contribution >= 0.6 is 22.2 Å². The molecule has 0 spiro atoms. The van der Waals surface area contributed by atoms with E-state index in [-0.39, 0.29) is 0 Å². The minimum Gasteiger partial charge on any atom is -0.161 e. The molecule has 0 heterocycles. The number of rotatable bonds is 2. The molecule has 0 radical (unpaired) electrons. The molecule has 0 saturated carbocycles. The third-order valence-electron chi connectivity index (χ3n) is 3.21. The van der Waals surface area contributed by atoms with E-state index >= 15 is 0 Å². The number of fused-ring (bicyclic) bond motifs is 1. The Labute approximate surface area is 120 Å². The van der Waals surface area contributed by atoms with Crippen LogP contribution in [-0.2, 0) is 0 Å². The number of benzene rings is 2. The molecule has 2 rings (SSSR count). The number of halogens is 2. The third-order valence-corrected chi connectivity index (χ3v) is 7.86. The summed E-state index contributed by atoms with van der Waals surface area (Å²) >= 11 is 13.2. The molecule has 0 aliphatic heterocycles. The first-order valence-corrected chi connectivity index (χ1v) is 14.1. The molecular formula is C14H18Cl2Si2. The van der Waals surface area contributed by atoms with E-state index in [4.69, 9.17) is 22.2 Å². The summed E-state index contributed by atoms with van der Waals surface area (Å²) in [6.45, 7) is 8.66. The molecule has 0 N–H and O–H groups in total. The summed E-state index contributed by atoms with van der Waals surface area (Å²) in [5, 5.41) is 5.17. The monoisotopic (exact) mass is 312 g/mol. The summed E-state index contributed by atoms with van der Waals surface area (Å²) in [5.74, 6) is 0. The molecule has 0 aliphatic carbocycles. The van der Waals surface area contributed by atoms with Crippen LogP contribution in [0.5, 0.6) is 0 Å². The first-order valence-electron chi connectivity index (χ1n) is 6.12. The predicted molar refractivity (Wildman–Crippen MR) is 89.9 cm³/mol. The molecule has 0 amide bonds. The molecule has 0 unspecified atom stereocenters. The van der Waals surface area contributed by atoms with Gasteiger partial charge in [-0.3, -0.25) is 0 Å². The Kier molecular flexibility index (Phi) is 3.67. The zero-order valence-corrected chi connectivity index (χ0v) is 14.7. The average molecular weight is 313 g/mol. The van der Waals surface area contributed by atoms with E-state index in [0.717, 1.165) is 0 Å². The topological polar surface area (TPSA) is 0 Å². The summed E-state index contributed by atoms with van der Waals surface area (Å²) in [4.78, 5) is 0. The highest BCUT2D eigenvalue weighted by Crippen LogP contribution is 2.20. The molecular weight excluding hydrogens is 295 g/mol. The van der Waals surface area contributed by atoms with Gasteiger partial charge in [-0.15, -0.1) is 0 Å². The van der Waals surface area contributed by atoms with Gasteiger partial charge in [0.25, 0.3) is 0 Å². The van der Waals surface area contributed by atoms with E-state index in [1.807, 2.05) is 0 Å². The Morgan fingerprint density at radius 2 is 1.00 bits per heavy atom. The van der Waals surface area contributed by atoms with Crippen LogP contribution in [0.15, 0.2) is 36.4 Å². The standard InChI is InChI=1S/C14H18Cl2Si2/c1-17(2,15)13-9-10-14(18(3,4)16)12-8-6-5-7-11(12)13/h5-10H,1-4H3. The summed E-state index contributed by atoms with van der Waals surface area (Å²) in [5.41, 5.74) is 0. The first-order chi connectivity index (χ1) is 8.21. The molecule has 0 aliphatic rings. The van der Waals surface area contributed by atoms with Crippen molar-refractivity contribution < 1.29 is 0 Å². The summed E-state index contributed by atoms with van der Waals surface area (Å²) in [6, 6.07) is 12.9. The van der Waals surface area contributed by atoms with Crippen LogP contribution in [-0.4, -0.2) is 14.8 Å². The van der Waals surface area contributed by atoms with Crippen LogP contribution in [0.4, 0.5) is 0 Å². The second-order valence-corrected chi connectivity index (χ2v) is 18.3. The molecule has 0 fully saturated rings. The Morgan fingerprint density at radius 1 is 0.667 bits per heavy atom. The van der Waals surface area contributed by atoms with Gasteiger partial charge in [-0.1, -0.05) is 62.6 Å². The molecule has 0 aromatic heterocycles. The maximum absolute atomic E-state index is 6.62. The van der Waals surface area contributed by atoms with E-state index in [9.17, 15) is 0 Å². The van der Waals surface area contributed by atoms with Crippen molar-refractivity contribution in [1.82, 2.24) is 0 Å². The minimum absolute atomic E-state index is 1.28. The lowest BCUT2D eigenvalue weighted by Crippen LogP contribution is -2.41. The maximum atomic E-state index is 6.62. The molecule has 4 heteroatoms. The van der Waals surface area contributed by atoms with E-state index in [0.29, 0.717) is 0 Å². The molecule has 0 bridgehead atoms. The van der Waals surface area contributed by atoms with Crippen molar-refractivity contribution in [3.63, 3.8) is 0 Å². The Hall–Kier alpha value is -0.286. The summed E-state index contributed by atoms with van der Waals surface area (Å²) in [7, 11) is -3.67. The molecule has 0 nitrogen and oxygen atoms in total. The van der Waals surface area contributed by atoms with Crippen LogP contribution in [0, 0.1) is 0 Å². The van der Waals surface area contributed by atoms with Crippen molar-refractivity contribution in [2.24, 2.45) is 0 Å². The van der Waals surface area contributed by atoms with Crippen molar-refractivity contribution >= 4 is 58.1 Å². The zero-order valence-electron chi connectivity index (χ0n) is 11.2. The fraction of sp³-hybridized carbons (Fsp3) is 0.286. The second-order valence-electron chi connectivity index (χ2n) is 5.65. The van der Waals surface area contributed by atoms with Gasteiger partial charge >= 0.3 is 0 Å². The summed E-state index contributed by atoms with van der Waals surface area (Å²) in [6.07, 6.45) is 0. The van der Waals surface area contributed by atoms with Crippen molar-refractivity contribution in [1.29, 1.82) is 0 Å². The van der Waals surface area contributed by atoms with Crippen LogP contribution in [0.2, 0.25) is 26.2 Å². The first kappa shape index (κ1) is 14.1. The maximum Gasteiger partial charge on any atom is 0.181 e. The van der Waals surface area contributed by atoms with E-state index in [1.165, 1.54) is 21.1 Å². The lowest BCUT2D eigenvalue weighted by atomic mass is 10.1. The minimum atomic E-state index is -1.84. The number of hydrogen-bond acceptors (Lipinski definition) is 0. The normalized spacial score (nSPS) is 13.0. The second kappa shape index (κ2) is 4.67. The van der Waals surface area contributed by atoms with Gasteiger partial charge in [0.15, 0.2) is 14.8 Å². The molecule has 0 saturated heterocycles. The van der Waals surface area contributed by atoms with Crippen LogP contribution in [0.3, 0.4) is 0 Å². The fourth-order valence-corrected chi connectivity index (χ4v) is 6.00. The highest BCUT2D eigenvalue weighted by Gasteiger charge is 2.27. The van der Waals surface area contributed by atoms with E-state index in [2.05, 4.69) is 62.6 Å². The summed E-state index contributed by atoms with van der Waals surface area (Å²) < 4.78 is 0. The molecule has 0 atom stereocenters. The SMILES string of the molecule is C[Si](C)(Cl)c1ccc([Si](C)(C)Cl)c2ccccc12. The van der Waals surface area contributed by atoms with Crippen molar-refractivity contribution in [3.8, 4) is 0 Å². The Bertz CT molecular complexity index is 528. The van der Waals surface area contributed by atoms with Gasteiger partial charge in [0, 0.05) is 0 Å². The highest BCUT2D eigenvalue weighted by molar-refractivity contribution is 7.28. The van der Waals surface area contributed by atoms with Gasteiger partial charge in [0.2, 0.25) is 0 Å². The molecule has 18 heavy (non-hydrogen) atoms. The van der Waals surface area contributed by atoms with Crippen LogP contribution < -0.4 is 10.4 Å². The van der Waals surface area contributed by atoms with Gasteiger partial charge in [0.05, 0.1) is 0 Å². The van der Waals surface area contributed by atoms with Crippen molar-refractivity contribution in [2.75, 3.05) is 0 Å². The lowest BCUT2D eigenvalue weighted by molar-refractivity contribution is 1.76. The van der Waals surface area contributed by atoms with Gasteiger partial charge in [-0.25, -0.2) is 0 Å². The van der Waals surface area contributed by atoms with Crippen molar-refractivity contribution in [2.45, 2.75) is 26.2 Å². The predicted octanol–water partition coefficient (Wildman–Crippen LogP) is 4.14. The highest BCUT2D eigenvalue weighted by atomic mass is 35.6. The lowest BCUT2D eigenvalue weighted by Gasteiger charge is -2.22. The smallest absolute Gasteiger partial charge is 0.161 e. The zero-order chi connectivity index (χ0) is 13.6. The van der Waals surface area contributed by atoms with Gasteiger partial charge in [0.1, 0.15) is 0 Å². The van der Waals surface area contributed by atoms with E-state index < -0.39 is 14.8 Å². The average Bonchev–Trinajstić information content (AvgIpc) is 2.24. The van der Waals surface area contributed by atoms with Gasteiger partial charge in [-0.05, 0) is 21.1 Å².